The number of nitrogens with one attached hydrogen (secondary N) is 2. The second-order valence-electron chi connectivity index (χ2n) is 4.06. The molecule has 1 heterocycles. The van der Waals surface area contributed by atoms with Crippen molar-refractivity contribution in [3.8, 4) is 0 Å². The Balaban J connectivity index is 2.41. The number of hydrogen-bond acceptors (Lipinski definition) is 3. The third-order valence-corrected chi connectivity index (χ3v) is 2.74. The topological polar surface area (TPSA) is 75.3 Å². The summed E-state index contributed by atoms with van der Waals surface area (Å²) in [6.07, 6.45) is 0.664. The van der Waals surface area contributed by atoms with Gasteiger partial charge >= 0.3 is 0 Å². The fourth-order valence-electron chi connectivity index (χ4n) is 1.95. The molecule has 0 saturated carbocycles. The minimum Gasteiger partial charge on any atom is -0.336 e. The molecule has 17 heavy (non-hydrogen) atoms. The minimum absolute atomic E-state index is 0.179. The Morgan fingerprint density at radius 3 is 2.82 bits per heavy atom. The van der Waals surface area contributed by atoms with E-state index < -0.39 is 17.4 Å². The summed E-state index contributed by atoms with van der Waals surface area (Å²) in [5, 5.41) is 5.04. The largest absolute Gasteiger partial charge is 0.336 e. The number of benzene rings is 1. The van der Waals surface area contributed by atoms with Gasteiger partial charge in [-0.25, -0.2) is 0 Å². The normalized spacial score (nSPS) is 22.3. The quantitative estimate of drug-likeness (QED) is 0.567. The van der Waals surface area contributed by atoms with E-state index in [1.54, 1.807) is 12.1 Å². The first-order valence-electron chi connectivity index (χ1n) is 5.22. The van der Waals surface area contributed by atoms with Crippen LogP contribution in [0.25, 0.3) is 0 Å². The van der Waals surface area contributed by atoms with Crippen LogP contribution in [0.5, 0.6) is 0 Å². The summed E-state index contributed by atoms with van der Waals surface area (Å²) in [6, 6.07) is 7.19. The zero-order chi connectivity index (χ0) is 12.5. The number of para-hydroxylation sites is 1. The van der Waals surface area contributed by atoms with Crippen molar-refractivity contribution in [2.75, 3.05) is 5.32 Å². The van der Waals surface area contributed by atoms with E-state index in [0.717, 1.165) is 5.56 Å². The van der Waals surface area contributed by atoms with Gasteiger partial charge in [0.25, 0.3) is 5.91 Å². The second kappa shape index (κ2) is 4.01. The molecular weight excluding hydrogens is 220 g/mol. The Morgan fingerprint density at radius 2 is 2.18 bits per heavy atom. The van der Waals surface area contributed by atoms with E-state index in [-0.39, 0.29) is 6.42 Å². The molecule has 2 amide bonds. The smallest absolute Gasteiger partial charge is 0.257 e. The predicted octanol–water partition coefficient (Wildman–Crippen LogP) is 0.255. The molecule has 2 N–H and O–H groups in total. The van der Waals surface area contributed by atoms with Crippen molar-refractivity contribution in [1.29, 1.82) is 0 Å². The highest BCUT2D eigenvalue weighted by Gasteiger charge is 2.43. The SMILES string of the molecule is CC(=O)NC1(C=O)Cc2ccccc2NC1=O. The molecule has 0 aliphatic carbocycles. The zero-order valence-electron chi connectivity index (χ0n) is 9.32. The van der Waals surface area contributed by atoms with Crippen LogP contribution in [-0.4, -0.2) is 23.6 Å². The van der Waals surface area contributed by atoms with Gasteiger partial charge in [-0.1, -0.05) is 18.2 Å². The highest BCUT2D eigenvalue weighted by Crippen LogP contribution is 2.26. The van der Waals surface area contributed by atoms with Gasteiger partial charge in [0.2, 0.25) is 5.91 Å². The summed E-state index contributed by atoms with van der Waals surface area (Å²) in [6.45, 7) is 1.28. The lowest BCUT2D eigenvalue weighted by molar-refractivity contribution is -0.134. The maximum Gasteiger partial charge on any atom is 0.257 e. The van der Waals surface area contributed by atoms with Gasteiger partial charge in [-0.2, -0.15) is 0 Å². The van der Waals surface area contributed by atoms with Crippen LogP contribution >= 0.6 is 0 Å². The van der Waals surface area contributed by atoms with Crippen LogP contribution in [0.15, 0.2) is 24.3 Å². The molecule has 0 radical (unpaired) electrons. The van der Waals surface area contributed by atoms with Crippen LogP contribution in [0.3, 0.4) is 0 Å². The van der Waals surface area contributed by atoms with Crippen molar-refractivity contribution in [3.63, 3.8) is 0 Å². The van der Waals surface area contributed by atoms with Crippen molar-refractivity contribution in [1.82, 2.24) is 5.32 Å². The molecule has 1 aliphatic heterocycles. The summed E-state index contributed by atoms with van der Waals surface area (Å²) in [5.74, 6) is -0.909. The molecule has 1 aromatic carbocycles. The van der Waals surface area contributed by atoms with E-state index in [0.29, 0.717) is 12.0 Å². The van der Waals surface area contributed by atoms with Crippen LogP contribution in [-0.2, 0) is 20.8 Å². The first-order chi connectivity index (χ1) is 8.07. The van der Waals surface area contributed by atoms with Gasteiger partial charge in [-0.05, 0) is 11.6 Å². The van der Waals surface area contributed by atoms with E-state index in [4.69, 9.17) is 0 Å². The third kappa shape index (κ3) is 1.91. The maximum atomic E-state index is 11.9. The summed E-state index contributed by atoms with van der Waals surface area (Å²) in [4.78, 5) is 34.1. The van der Waals surface area contributed by atoms with E-state index in [1.807, 2.05) is 12.1 Å². The highest BCUT2D eigenvalue weighted by atomic mass is 16.2. The van der Waals surface area contributed by atoms with Crippen LogP contribution in [0.1, 0.15) is 12.5 Å². The van der Waals surface area contributed by atoms with Crippen molar-refractivity contribution < 1.29 is 14.4 Å². The summed E-state index contributed by atoms with van der Waals surface area (Å²) in [5.41, 5.74) is 0.0217. The van der Waals surface area contributed by atoms with Crippen molar-refractivity contribution >= 4 is 23.8 Å². The molecule has 1 atom stereocenters. The molecule has 1 aliphatic rings. The van der Waals surface area contributed by atoms with Gasteiger partial charge in [0, 0.05) is 19.0 Å². The Kier molecular flexibility index (Phi) is 2.67. The fourth-order valence-corrected chi connectivity index (χ4v) is 1.95. The Hall–Kier alpha value is -2.17. The Bertz CT molecular complexity index is 498. The number of carbonyl (C=O) groups is 3. The summed E-state index contributed by atoms with van der Waals surface area (Å²) < 4.78 is 0. The monoisotopic (exact) mass is 232 g/mol. The number of fused-ring (bicyclic) bond motifs is 1. The van der Waals surface area contributed by atoms with E-state index >= 15 is 0 Å². The van der Waals surface area contributed by atoms with Gasteiger partial charge in [-0.3, -0.25) is 9.59 Å². The lowest BCUT2D eigenvalue weighted by atomic mass is 9.87. The number of aldehydes is 1. The number of amides is 2. The molecule has 5 nitrogen and oxygen atoms in total. The lowest BCUT2D eigenvalue weighted by Gasteiger charge is -2.32. The average molecular weight is 232 g/mol. The van der Waals surface area contributed by atoms with Gasteiger partial charge in [0.05, 0.1) is 0 Å². The molecule has 0 fully saturated rings. The van der Waals surface area contributed by atoms with Gasteiger partial charge in [0.15, 0.2) is 11.8 Å². The number of hydrogen-bond donors (Lipinski definition) is 2. The van der Waals surface area contributed by atoms with Gasteiger partial charge < -0.3 is 15.4 Å². The Morgan fingerprint density at radius 1 is 1.47 bits per heavy atom. The first-order valence-corrected chi connectivity index (χ1v) is 5.22. The number of rotatable bonds is 2. The zero-order valence-corrected chi connectivity index (χ0v) is 9.32. The minimum atomic E-state index is -1.49. The van der Waals surface area contributed by atoms with Gasteiger partial charge in [0.1, 0.15) is 0 Å². The molecule has 5 heteroatoms. The third-order valence-electron chi connectivity index (χ3n) is 2.74. The van der Waals surface area contributed by atoms with Crippen LogP contribution in [0, 0.1) is 0 Å². The summed E-state index contributed by atoms with van der Waals surface area (Å²) >= 11 is 0. The summed E-state index contributed by atoms with van der Waals surface area (Å²) in [7, 11) is 0. The molecule has 1 unspecified atom stereocenters. The standard InChI is InChI=1S/C12H12N2O3/c1-8(16)14-12(7-15)6-9-4-2-3-5-10(9)13-11(12)17/h2-5,7H,6H2,1H3,(H,13,17)(H,14,16). The van der Waals surface area contributed by atoms with Crippen molar-refractivity contribution in [3.05, 3.63) is 29.8 Å². The fraction of sp³-hybridized carbons (Fsp3) is 0.250. The van der Waals surface area contributed by atoms with Crippen LogP contribution < -0.4 is 10.6 Å². The maximum absolute atomic E-state index is 11.9. The second-order valence-corrected chi connectivity index (χ2v) is 4.06. The first kappa shape index (κ1) is 11.3. The van der Waals surface area contributed by atoms with Crippen LogP contribution in [0.4, 0.5) is 5.69 Å². The predicted molar refractivity (Wildman–Crippen MR) is 61.4 cm³/mol. The molecular formula is C12H12N2O3. The van der Waals surface area contributed by atoms with E-state index in [1.165, 1.54) is 6.92 Å². The molecule has 0 aromatic heterocycles. The van der Waals surface area contributed by atoms with E-state index in [9.17, 15) is 14.4 Å². The molecule has 1 aromatic rings. The molecule has 2 rings (SSSR count). The lowest BCUT2D eigenvalue weighted by Crippen LogP contribution is -2.61. The number of carbonyl (C=O) groups excluding carboxylic acids is 3. The van der Waals surface area contributed by atoms with Crippen molar-refractivity contribution in [2.45, 2.75) is 18.9 Å². The molecule has 0 saturated heterocycles. The molecule has 0 spiro atoms. The number of anilines is 1. The van der Waals surface area contributed by atoms with E-state index in [2.05, 4.69) is 10.6 Å². The average Bonchev–Trinajstić information content (AvgIpc) is 2.29. The highest BCUT2D eigenvalue weighted by molar-refractivity contribution is 6.13. The van der Waals surface area contributed by atoms with Crippen molar-refractivity contribution in [2.24, 2.45) is 0 Å². The van der Waals surface area contributed by atoms with Gasteiger partial charge in [-0.15, -0.1) is 0 Å². The molecule has 0 bridgehead atoms. The van der Waals surface area contributed by atoms with Crippen LogP contribution in [0.2, 0.25) is 0 Å². The Labute approximate surface area is 98.2 Å². The molecule has 88 valence electrons.